The van der Waals surface area contributed by atoms with E-state index in [2.05, 4.69) is 86.8 Å². The van der Waals surface area contributed by atoms with Gasteiger partial charge in [0.05, 0.1) is 34.4 Å². The number of hydrogen-bond donors (Lipinski definition) is 1. The minimum Gasteiger partial charge on any atom is -0.477 e. The first-order valence-electron chi connectivity index (χ1n) is 25.1. The Hall–Kier alpha value is -3.27. The molecule has 0 saturated carbocycles. The number of rotatable bonds is 45. The molecule has 2 unspecified atom stereocenters. The van der Waals surface area contributed by atoms with Crippen LogP contribution in [0, 0.1) is 0 Å². The van der Waals surface area contributed by atoms with Crippen LogP contribution in [0.4, 0.5) is 0 Å². The second kappa shape index (κ2) is 45.3. The van der Waals surface area contributed by atoms with E-state index >= 15 is 0 Å². The topological polar surface area (TPSA) is 108 Å². The molecular weight excluding hydrogens is 791 g/mol. The summed E-state index contributed by atoms with van der Waals surface area (Å²) < 4.78 is 22.8. The third-order valence-electron chi connectivity index (χ3n) is 10.4. The summed E-state index contributed by atoms with van der Waals surface area (Å²) >= 11 is 0. The van der Waals surface area contributed by atoms with E-state index in [0.29, 0.717) is 17.4 Å². The molecule has 0 aromatic rings. The van der Waals surface area contributed by atoms with Crippen LogP contribution < -0.4 is 0 Å². The zero-order valence-electron chi connectivity index (χ0n) is 41.0. The van der Waals surface area contributed by atoms with Crippen LogP contribution in [0.1, 0.15) is 194 Å². The predicted octanol–water partition coefficient (Wildman–Crippen LogP) is 13.9. The molecular formula is C54H94NO8+. The normalized spacial score (nSPS) is 13.5. The number of hydrogen-bond acceptors (Lipinski definition) is 7. The van der Waals surface area contributed by atoms with Crippen molar-refractivity contribution in [1.29, 1.82) is 0 Å². The maximum absolute atomic E-state index is 12.8. The Labute approximate surface area is 386 Å². The lowest BCUT2D eigenvalue weighted by Crippen LogP contribution is -2.40. The second-order valence-electron chi connectivity index (χ2n) is 17.7. The molecule has 0 spiro atoms. The maximum Gasteiger partial charge on any atom is 0.361 e. The summed E-state index contributed by atoms with van der Waals surface area (Å²) in [6, 6.07) is 0. The summed E-state index contributed by atoms with van der Waals surface area (Å²) in [4.78, 5) is 37.3. The van der Waals surface area contributed by atoms with Gasteiger partial charge in [0.25, 0.3) is 6.29 Å². The Morgan fingerprint density at radius 1 is 0.492 bits per heavy atom. The van der Waals surface area contributed by atoms with Gasteiger partial charge in [0, 0.05) is 12.8 Å². The van der Waals surface area contributed by atoms with E-state index < -0.39 is 24.3 Å². The molecule has 0 aliphatic carbocycles. The third-order valence-corrected chi connectivity index (χ3v) is 10.4. The smallest absolute Gasteiger partial charge is 0.361 e. The molecule has 0 aliphatic heterocycles. The fraction of sp³-hybridized carbons (Fsp3) is 0.722. The highest BCUT2D eigenvalue weighted by atomic mass is 16.7. The third kappa shape index (κ3) is 46.5. The molecule has 0 bridgehead atoms. The molecule has 0 aromatic heterocycles. The van der Waals surface area contributed by atoms with Gasteiger partial charge in [0.15, 0.2) is 6.10 Å². The highest BCUT2D eigenvalue weighted by Gasteiger charge is 2.25. The number of aliphatic carboxylic acids is 1. The van der Waals surface area contributed by atoms with E-state index in [9.17, 15) is 19.5 Å². The number of allylic oxidation sites excluding steroid dienone is 12. The molecule has 0 radical (unpaired) electrons. The van der Waals surface area contributed by atoms with Crippen LogP contribution >= 0.6 is 0 Å². The first-order valence-corrected chi connectivity index (χ1v) is 25.1. The molecule has 0 aliphatic rings. The van der Waals surface area contributed by atoms with Crippen molar-refractivity contribution in [2.75, 3.05) is 47.5 Å². The molecule has 0 saturated heterocycles. The van der Waals surface area contributed by atoms with Crippen molar-refractivity contribution in [3.05, 3.63) is 72.9 Å². The Bertz CT molecular complexity index is 1260. The van der Waals surface area contributed by atoms with E-state index in [4.69, 9.17) is 18.9 Å². The molecule has 0 aromatic carbocycles. The van der Waals surface area contributed by atoms with Gasteiger partial charge >= 0.3 is 17.9 Å². The number of carbonyl (C=O) groups excluding carboxylic acids is 2. The SMILES string of the molecule is CC/C=C\C/C=C\C/C=C\CCCCCCCCCC(=O)OCC(COC(OCC[N+](C)(C)C)C(=O)O)OC(=O)CCCCCCCC/C=C\C/C=C\C/C=C\CCCCCCC. The van der Waals surface area contributed by atoms with Crippen LogP contribution in [0.25, 0.3) is 0 Å². The van der Waals surface area contributed by atoms with Gasteiger partial charge in [-0.25, -0.2) is 4.79 Å². The molecule has 0 heterocycles. The quantitative estimate of drug-likeness (QED) is 0.0212. The van der Waals surface area contributed by atoms with E-state index in [-0.39, 0.29) is 38.6 Å². The van der Waals surface area contributed by atoms with Crippen molar-refractivity contribution < 1.29 is 42.9 Å². The summed E-state index contributed by atoms with van der Waals surface area (Å²) in [5.74, 6) is -2.04. The van der Waals surface area contributed by atoms with Gasteiger partial charge in [0.1, 0.15) is 13.2 Å². The van der Waals surface area contributed by atoms with Crippen LogP contribution in [0.5, 0.6) is 0 Å². The number of carboxylic acids is 1. The first-order chi connectivity index (χ1) is 30.6. The molecule has 63 heavy (non-hydrogen) atoms. The standard InChI is InChI=1S/C54H93NO8/c1-6-8-10-12-14-16-18-20-22-24-25-26-27-29-31-33-35-37-39-41-43-45-52(57)63-50(49-62-54(53(58)59)60-47-46-55(3,4)5)48-61-51(56)44-42-40-38-36-34-32-30-28-23-21-19-17-15-13-11-9-7-2/h9,11,15,17-18,20-21,23-25,27,29,50,54H,6-8,10,12-14,16,19,22,26,28,30-49H2,1-5H3/p+1/b11-9-,17-15-,20-18-,23-21-,25-24-,29-27-. The van der Waals surface area contributed by atoms with Gasteiger partial charge in [-0.05, 0) is 83.5 Å². The fourth-order valence-electron chi connectivity index (χ4n) is 6.56. The molecule has 2 atom stereocenters. The van der Waals surface area contributed by atoms with Crippen LogP contribution in [-0.2, 0) is 33.3 Å². The van der Waals surface area contributed by atoms with Gasteiger partial charge in [-0.1, -0.05) is 170 Å². The zero-order valence-corrected chi connectivity index (χ0v) is 41.0. The monoisotopic (exact) mass is 885 g/mol. The number of carboxylic acid groups (broad SMARTS) is 1. The van der Waals surface area contributed by atoms with Crippen LogP contribution in [-0.4, -0.2) is 87.4 Å². The molecule has 1 N–H and O–H groups in total. The van der Waals surface area contributed by atoms with Crippen LogP contribution in [0.3, 0.4) is 0 Å². The lowest BCUT2D eigenvalue weighted by Gasteiger charge is -2.25. The number of ether oxygens (including phenoxy) is 4. The molecule has 0 rings (SSSR count). The average molecular weight is 885 g/mol. The summed E-state index contributed by atoms with van der Waals surface area (Å²) in [6.07, 6.45) is 53.9. The van der Waals surface area contributed by atoms with Crippen LogP contribution in [0.2, 0.25) is 0 Å². The summed E-state index contributed by atoms with van der Waals surface area (Å²) in [7, 11) is 5.95. The molecule has 9 nitrogen and oxygen atoms in total. The van der Waals surface area contributed by atoms with Gasteiger partial charge in [-0.15, -0.1) is 0 Å². The van der Waals surface area contributed by atoms with E-state index in [1.807, 2.05) is 21.1 Å². The Kier molecular flexibility index (Phi) is 43.0. The second-order valence-corrected chi connectivity index (χ2v) is 17.7. The Morgan fingerprint density at radius 2 is 0.905 bits per heavy atom. The minimum atomic E-state index is -1.52. The van der Waals surface area contributed by atoms with Crippen molar-refractivity contribution in [3.8, 4) is 0 Å². The molecule has 9 heteroatoms. The highest BCUT2D eigenvalue weighted by molar-refractivity contribution is 5.71. The number of esters is 2. The maximum atomic E-state index is 12.8. The molecule has 362 valence electrons. The van der Waals surface area contributed by atoms with Crippen LogP contribution in [0.15, 0.2) is 72.9 Å². The van der Waals surface area contributed by atoms with Crippen molar-refractivity contribution in [2.24, 2.45) is 0 Å². The Balaban J connectivity index is 4.42. The largest absolute Gasteiger partial charge is 0.477 e. The average Bonchev–Trinajstić information content (AvgIpc) is 3.24. The van der Waals surface area contributed by atoms with Crippen molar-refractivity contribution in [2.45, 2.75) is 206 Å². The van der Waals surface area contributed by atoms with E-state index in [1.54, 1.807) is 0 Å². The number of nitrogens with zero attached hydrogens (tertiary/aromatic N) is 1. The zero-order chi connectivity index (χ0) is 46.3. The lowest BCUT2D eigenvalue weighted by atomic mass is 10.1. The number of likely N-dealkylation sites (N-methyl/N-ethyl adjacent to an activating group) is 1. The molecule has 0 amide bonds. The first kappa shape index (κ1) is 59.7. The number of quaternary nitrogens is 1. The number of carbonyl (C=O) groups is 3. The van der Waals surface area contributed by atoms with Gasteiger partial charge in [-0.2, -0.15) is 0 Å². The van der Waals surface area contributed by atoms with Crippen molar-refractivity contribution >= 4 is 17.9 Å². The van der Waals surface area contributed by atoms with Gasteiger partial charge < -0.3 is 28.5 Å². The molecule has 0 fully saturated rings. The highest BCUT2D eigenvalue weighted by Crippen LogP contribution is 2.14. The van der Waals surface area contributed by atoms with E-state index in [1.165, 1.54) is 57.8 Å². The van der Waals surface area contributed by atoms with E-state index in [0.717, 1.165) is 103 Å². The summed E-state index contributed by atoms with van der Waals surface area (Å²) in [5.41, 5.74) is 0. The fourth-order valence-corrected chi connectivity index (χ4v) is 6.56. The van der Waals surface area contributed by atoms with Gasteiger partial charge in [-0.3, -0.25) is 9.59 Å². The number of unbranched alkanes of at least 4 members (excludes halogenated alkanes) is 18. The summed E-state index contributed by atoms with van der Waals surface area (Å²) in [5, 5.41) is 9.66. The lowest BCUT2D eigenvalue weighted by molar-refractivity contribution is -0.870. The Morgan fingerprint density at radius 3 is 1.35 bits per heavy atom. The predicted molar refractivity (Wildman–Crippen MR) is 263 cm³/mol. The summed E-state index contributed by atoms with van der Waals surface area (Å²) in [6.45, 7) is 4.72. The van der Waals surface area contributed by atoms with Crippen molar-refractivity contribution in [1.82, 2.24) is 0 Å². The minimum absolute atomic E-state index is 0.180. The van der Waals surface area contributed by atoms with Gasteiger partial charge in [0.2, 0.25) is 0 Å². The van der Waals surface area contributed by atoms with Crippen molar-refractivity contribution in [3.63, 3.8) is 0 Å².